The fourth-order valence-corrected chi connectivity index (χ4v) is 4.16. The first kappa shape index (κ1) is 23.4. The Bertz CT molecular complexity index is 1460. The predicted molar refractivity (Wildman–Crippen MR) is 131 cm³/mol. The highest BCUT2D eigenvalue weighted by Crippen LogP contribution is 2.43. The maximum Gasteiger partial charge on any atom is 0.254 e. The molecule has 0 atom stereocenters. The van der Waals surface area contributed by atoms with E-state index in [2.05, 4.69) is 9.97 Å². The van der Waals surface area contributed by atoms with Gasteiger partial charge in [0.25, 0.3) is 11.9 Å². The molecule has 184 valence electrons. The van der Waals surface area contributed by atoms with Crippen LogP contribution in [0.5, 0.6) is 5.75 Å². The lowest BCUT2D eigenvalue weighted by Crippen LogP contribution is -2.35. The third-order valence-corrected chi connectivity index (χ3v) is 6.05. The maximum absolute atomic E-state index is 14.5. The average Bonchev–Trinajstić information content (AvgIpc) is 3.64. The van der Waals surface area contributed by atoms with Crippen LogP contribution in [0, 0.1) is 5.82 Å². The van der Waals surface area contributed by atoms with E-state index in [1.165, 1.54) is 30.4 Å². The number of halogens is 1. The number of benzene rings is 2. The summed E-state index contributed by atoms with van der Waals surface area (Å²) < 4.78 is 21.6. The summed E-state index contributed by atoms with van der Waals surface area (Å²) >= 11 is 0. The molecule has 36 heavy (non-hydrogen) atoms. The lowest BCUT2D eigenvalue weighted by molar-refractivity contribution is -0.118. The Kier molecular flexibility index (Phi) is 6.09. The molecule has 2 amide bonds. The molecule has 0 radical (unpaired) electrons. The van der Waals surface area contributed by atoms with Crippen molar-refractivity contribution in [1.29, 1.82) is 0 Å². The van der Waals surface area contributed by atoms with Gasteiger partial charge in [0, 0.05) is 47.4 Å². The second-order valence-electron chi connectivity index (χ2n) is 8.78. The molecular formula is C26H25FN6O3. The van der Waals surface area contributed by atoms with Crippen LogP contribution in [-0.2, 0) is 4.79 Å². The summed E-state index contributed by atoms with van der Waals surface area (Å²) in [6.45, 7) is 2.15. The molecule has 0 unspecified atom stereocenters. The number of rotatable bonds is 8. The molecule has 2 aromatic carbocycles. The highest BCUT2D eigenvalue weighted by Gasteiger charge is 2.30. The molecule has 1 aliphatic carbocycles. The zero-order valence-electron chi connectivity index (χ0n) is 19.9. The van der Waals surface area contributed by atoms with Gasteiger partial charge in [0.15, 0.2) is 0 Å². The first-order valence-electron chi connectivity index (χ1n) is 11.7. The fourth-order valence-electron chi connectivity index (χ4n) is 4.16. The number of carbonyl (C=O) groups excluding carboxylic acids is 2. The Morgan fingerprint density at radius 2 is 1.92 bits per heavy atom. The zero-order valence-corrected chi connectivity index (χ0v) is 19.9. The fraction of sp³-hybridized carbons (Fsp3) is 0.269. The SMILES string of the molecule is CCOc1ccc(F)c(-c2cnc(-n3nc(C4CC4)c4ccc(C(=O)N(C)CC(N)=O)cc43)nc2)c1. The highest BCUT2D eigenvalue weighted by atomic mass is 19.1. The normalized spacial score (nSPS) is 13.1. The molecule has 1 aliphatic rings. The number of hydrogen-bond acceptors (Lipinski definition) is 6. The third kappa shape index (κ3) is 4.49. The molecule has 1 fully saturated rings. The number of aromatic nitrogens is 4. The van der Waals surface area contributed by atoms with Gasteiger partial charge in [-0.15, -0.1) is 0 Å². The smallest absolute Gasteiger partial charge is 0.254 e. The maximum atomic E-state index is 14.5. The molecule has 2 heterocycles. The van der Waals surface area contributed by atoms with Crippen LogP contribution in [0.15, 0.2) is 48.8 Å². The van der Waals surface area contributed by atoms with Gasteiger partial charge in [0.05, 0.1) is 24.4 Å². The van der Waals surface area contributed by atoms with Crippen molar-refractivity contribution >= 4 is 22.7 Å². The van der Waals surface area contributed by atoms with E-state index in [1.54, 1.807) is 28.9 Å². The zero-order chi connectivity index (χ0) is 25.4. The minimum Gasteiger partial charge on any atom is -0.494 e. The van der Waals surface area contributed by atoms with Crippen LogP contribution in [-0.4, -0.2) is 56.7 Å². The Balaban J connectivity index is 1.54. The van der Waals surface area contributed by atoms with Gasteiger partial charge >= 0.3 is 0 Å². The lowest BCUT2D eigenvalue weighted by atomic mass is 10.1. The van der Waals surface area contributed by atoms with E-state index in [9.17, 15) is 14.0 Å². The lowest BCUT2D eigenvalue weighted by Gasteiger charge is -2.15. The summed E-state index contributed by atoms with van der Waals surface area (Å²) in [6.07, 6.45) is 5.17. The third-order valence-electron chi connectivity index (χ3n) is 6.05. The molecule has 4 aromatic rings. The molecule has 10 heteroatoms. The van der Waals surface area contributed by atoms with Crippen molar-refractivity contribution in [3.05, 3.63) is 65.9 Å². The second-order valence-corrected chi connectivity index (χ2v) is 8.78. The first-order valence-corrected chi connectivity index (χ1v) is 11.7. The van der Waals surface area contributed by atoms with E-state index in [1.807, 2.05) is 13.0 Å². The summed E-state index contributed by atoms with van der Waals surface area (Å²) in [5.74, 6) is -0.126. The summed E-state index contributed by atoms with van der Waals surface area (Å²) in [5.41, 5.74) is 8.06. The summed E-state index contributed by atoms with van der Waals surface area (Å²) in [7, 11) is 1.52. The Labute approximate surface area is 206 Å². The largest absolute Gasteiger partial charge is 0.494 e. The van der Waals surface area contributed by atoms with Crippen molar-refractivity contribution < 1.29 is 18.7 Å². The quantitative estimate of drug-likeness (QED) is 0.406. The van der Waals surface area contributed by atoms with Crippen LogP contribution in [0.2, 0.25) is 0 Å². The van der Waals surface area contributed by atoms with Gasteiger partial charge in [-0.1, -0.05) is 6.07 Å². The summed E-state index contributed by atoms with van der Waals surface area (Å²) in [6, 6.07) is 9.85. The first-order chi connectivity index (χ1) is 17.4. The van der Waals surface area contributed by atoms with Crippen LogP contribution < -0.4 is 10.5 Å². The summed E-state index contributed by atoms with van der Waals surface area (Å²) in [4.78, 5) is 34.3. The predicted octanol–water partition coefficient (Wildman–Crippen LogP) is 3.46. The molecule has 0 aliphatic heterocycles. The van der Waals surface area contributed by atoms with Crippen molar-refractivity contribution in [3.8, 4) is 22.8 Å². The van der Waals surface area contributed by atoms with Gasteiger partial charge in [-0.25, -0.2) is 14.4 Å². The second kappa shape index (κ2) is 9.37. The monoisotopic (exact) mass is 488 g/mol. The van der Waals surface area contributed by atoms with E-state index in [0.717, 1.165) is 23.9 Å². The Morgan fingerprint density at radius 1 is 1.17 bits per heavy atom. The molecule has 0 spiro atoms. The molecule has 0 bridgehead atoms. The van der Waals surface area contributed by atoms with Crippen LogP contribution in [0.1, 0.15) is 41.7 Å². The average molecular weight is 489 g/mol. The van der Waals surface area contributed by atoms with E-state index in [-0.39, 0.29) is 12.5 Å². The van der Waals surface area contributed by atoms with Gasteiger partial charge in [-0.2, -0.15) is 9.78 Å². The number of ether oxygens (including phenoxy) is 1. The van der Waals surface area contributed by atoms with Crippen LogP contribution in [0.3, 0.4) is 0 Å². The number of fused-ring (bicyclic) bond motifs is 1. The molecule has 9 nitrogen and oxygen atoms in total. The molecular weight excluding hydrogens is 463 g/mol. The topological polar surface area (TPSA) is 116 Å². The number of likely N-dealkylation sites (N-methyl/N-ethyl adjacent to an activating group) is 1. The Hall–Kier alpha value is -4.34. The van der Waals surface area contributed by atoms with Crippen LogP contribution >= 0.6 is 0 Å². The van der Waals surface area contributed by atoms with E-state index in [0.29, 0.717) is 46.4 Å². The minimum absolute atomic E-state index is 0.185. The van der Waals surface area contributed by atoms with E-state index >= 15 is 0 Å². The van der Waals surface area contributed by atoms with Gasteiger partial charge in [0.2, 0.25) is 5.91 Å². The number of hydrogen-bond donors (Lipinski definition) is 1. The highest BCUT2D eigenvalue weighted by molar-refractivity contribution is 6.00. The van der Waals surface area contributed by atoms with E-state index in [4.69, 9.17) is 15.6 Å². The van der Waals surface area contributed by atoms with Crippen molar-refractivity contribution in [3.63, 3.8) is 0 Å². The van der Waals surface area contributed by atoms with Crippen molar-refractivity contribution in [2.75, 3.05) is 20.2 Å². The van der Waals surface area contributed by atoms with E-state index < -0.39 is 11.7 Å². The molecule has 1 saturated carbocycles. The van der Waals surface area contributed by atoms with Crippen molar-refractivity contribution in [1.82, 2.24) is 24.6 Å². The number of carbonyl (C=O) groups is 2. The molecule has 2 aromatic heterocycles. The molecule has 0 saturated heterocycles. The number of primary amides is 1. The van der Waals surface area contributed by atoms with Crippen molar-refractivity contribution in [2.24, 2.45) is 5.73 Å². The number of nitrogens with zero attached hydrogens (tertiary/aromatic N) is 5. The number of nitrogens with two attached hydrogens (primary N) is 1. The minimum atomic E-state index is -0.593. The van der Waals surface area contributed by atoms with Crippen molar-refractivity contribution in [2.45, 2.75) is 25.7 Å². The van der Waals surface area contributed by atoms with Gasteiger partial charge in [-0.05, 0) is 50.1 Å². The molecule has 2 N–H and O–H groups in total. The van der Waals surface area contributed by atoms with Gasteiger partial charge < -0.3 is 15.4 Å². The standard InChI is InChI=1S/C26H25FN6O3/c1-3-36-18-7-9-21(27)20(11-18)17-12-29-26(30-13-17)33-22-10-16(25(35)32(2)14-23(28)34)6-8-19(22)24(31-33)15-4-5-15/h6-13,15H,3-5,14H2,1-2H3,(H2,28,34). The van der Waals surface area contributed by atoms with Gasteiger partial charge in [0.1, 0.15) is 11.6 Å². The van der Waals surface area contributed by atoms with Gasteiger partial charge in [-0.3, -0.25) is 9.59 Å². The number of amides is 2. The summed E-state index contributed by atoms with van der Waals surface area (Å²) in [5, 5.41) is 5.68. The van der Waals surface area contributed by atoms with Crippen LogP contribution in [0.25, 0.3) is 28.0 Å². The Morgan fingerprint density at radius 3 is 2.58 bits per heavy atom. The molecule has 5 rings (SSSR count). The van der Waals surface area contributed by atoms with Crippen LogP contribution in [0.4, 0.5) is 4.39 Å².